The van der Waals surface area contributed by atoms with Gasteiger partial charge in [0.25, 0.3) is 5.91 Å². The van der Waals surface area contributed by atoms with E-state index in [0.717, 1.165) is 16.8 Å². The third kappa shape index (κ3) is 6.23. The molecule has 5 nitrogen and oxygen atoms in total. The highest BCUT2D eigenvalue weighted by Crippen LogP contribution is 2.24. The Bertz CT molecular complexity index is 772. The summed E-state index contributed by atoms with van der Waals surface area (Å²) in [6.45, 7) is 0.463. The van der Waals surface area contributed by atoms with Gasteiger partial charge in [-0.3, -0.25) is 9.78 Å². The van der Waals surface area contributed by atoms with Crippen LogP contribution in [0.4, 0.5) is 17.6 Å². The van der Waals surface area contributed by atoms with Gasteiger partial charge in [0.05, 0.1) is 11.7 Å². The third-order valence-corrected chi connectivity index (χ3v) is 4.43. The second kappa shape index (κ2) is 10.9. The zero-order valence-electron chi connectivity index (χ0n) is 15.8. The van der Waals surface area contributed by atoms with Crippen LogP contribution in [0.2, 0.25) is 0 Å². The quantitative estimate of drug-likeness (QED) is 0.524. The molecular formula is C20H23F4N3O2. The van der Waals surface area contributed by atoms with Crippen molar-refractivity contribution in [3.8, 4) is 11.1 Å². The Balaban J connectivity index is 2.08. The lowest BCUT2D eigenvalue weighted by atomic mass is 9.99. The van der Waals surface area contributed by atoms with Gasteiger partial charge in [0.1, 0.15) is 19.5 Å². The van der Waals surface area contributed by atoms with Crippen molar-refractivity contribution in [2.24, 2.45) is 0 Å². The van der Waals surface area contributed by atoms with Gasteiger partial charge in [0, 0.05) is 24.3 Å². The Hall–Kier alpha value is -2.52. The number of alkyl halides is 4. The zero-order valence-corrected chi connectivity index (χ0v) is 15.8. The zero-order chi connectivity index (χ0) is 21.4. The van der Waals surface area contributed by atoms with Gasteiger partial charge in [0.2, 0.25) is 0 Å². The van der Waals surface area contributed by atoms with Crippen molar-refractivity contribution in [1.82, 2.24) is 15.6 Å². The first-order valence-electron chi connectivity index (χ1n) is 9.05. The molecule has 0 saturated carbocycles. The lowest BCUT2D eigenvalue weighted by Crippen LogP contribution is -2.43. The van der Waals surface area contributed by atoms with Crippen molar-refractivity contribution in [3.05, 3.63) is 53.9 Å². The van der Waals surface area contributed by atoms with Crippen LogP contribution in [0.15, 0.2) is 42.6 Å². The number of amides is 1. The third-order valence-electron chi connectivity index (χ3n) is 4.43. The molecule has 0 saturated heterocycles. The first-order valence-corrected chi connectivity index (χ1v) is 9.05. The van der Waals surface area contributed by atoms with Crippen LogP contribution in [0.1, 0.15) is 30.3 Å². The van der Waals surface area contributed by atoms with Gasteiger partial charge in [-0.15, -0.1) is 0 Å². The molecule has 0 aliphatic rings. The van der Waals surface area contributed by atoms with Crippen LogP contribution in [0.5, 0.6) is 0 Å². The van der Waals surface area contributed by atoms with E-state index in [-0.39, 0.29) is 18.2 Å². The Morgan fingerprint density at radius 1 is 1.10 bits per heavy atom. The molecule has 2 aromatic rings. The molecule has 0 aliphatic carbocycles. The topological polar surface area (TPSA) is 74.2 Å². The molecule has 3 atom stereocenters. The molecule has 0 spiro atoms. The van der Waals surface area contributed by atoms with E-state index in [2.05, 4.69) is 10.3 Å². The molecule has 9 heteroatoms. The van der Waals surface area contributed by atoms with Crippen molar-refractivity contribution in [1.29, 1.82) is 0 Å². The maximum atomic E-state index is 13.1. The fourth-order valence-corrected chi connectivity index (χ4v) is 2.76. The molecule has 0 fully saturated rings. The fraction of sp³-hybridized carbons (Fsp3) is 0.400. The number of carbonyl (C=O) groups excluding carboxylic acids is 1. The van der Waals surface area contributed by atoms with E-state index in [4.69, 9.17) is 0 Å². The van der Waals surface area contributed by atoms with Crippen LogP contribution in [0, 0.1) is 0 Å². The van der Waals surface area contributed by atoms with E-state index in [1.54, 1.807) is 23.6 Å². The Kier molecular flexibility index (Phi) is 8.53. The van der Waals surface area contributed by atoms with Gasteiger partial charge in [-0.25, -0.2) is 8.78 Å². The summed E-state index contributed by atoms with van der Waals surface area (Å²) in [5.74, 6) is -1.63. The Labute approximate surface area is 166 Å². The molecule has 1 aromatic carbocycles. The molecule has 1 amide bonds. The van der Waals surface area contributed by atoms with Crippen LogP contribution in [0.3, 0.4) is 0 Å². The van der Waals surface area contributed by atoms with E-state index >= 15 is 0 Å². The average Bonchev–Trinajstić information content (AvgIpc) is 2.75. The highest BCUT2D eigenvalue weighted by atomic mass is 19.3. The molecule has 29 heavy (non-hydrogen) atoms. The van der Waals surface area contributed by atoms with Gasteiger partial charge in [-0.1, -0.05) is 30.3 Å². The average molecular weight is 413 g/mol. The molecule has 0 aliphatic heterocycles. The van der Waals surface area contributed by atoms with E-state index < -0.39 is 37.8 Å². The maximum absolute atomic E-state index is 13.1. The van der Waals surface area contributed by atoms with Crippen molar-refractivity contribution in [2.45, 2.75) is 31.5 Å². The van der Waals surface area contributed by atoms with Crippen LogP contribution in [-0.4, -0.2) is 48.4 Å². The molecular weight excluding hydrogens is 390 g/mol. The summed E-state index contributed by atoms with van der Waals surface area (Å²) in [6, 6.07) is 8.48. The van der Waals surface area contributed by atoms with Gasteiger partial charge in [-0.05, 0) is 24.1 Å². The highest BCUT2D eigenvalue weighted by molar-refractivity contribution is 5.79. The van der Waals surface area contributed by atoms with Crippen molar-refractivity contribution < 1.29 is 27.5 Å². The first kappa shape index (κ1) is 22.8. The molecule has 3 N–H and O–H groups in total. The minimum Gasteiger partial charge on any atom is -0.386 e. The number of pyridine rings is 1. The number of hydrogen-bond acceptors (Lipinski definition) is 4. The van der Waals surface area contributed by atoms with Crippen LogP contribution in [0.25, 0.3) is 11.1 Å². The summed E-state index contributed by atoms with van der Waals surface area (Å²) < 4.78 is 50.0. The Morgan fingerprint density at radius 3 is 2.28 bits per heavy atom. The standard InChI is InChI=1S/C20H23F4N3O2/c1-12(25-9-8-21)16-7-6-15(11-26-16)13-2-4-14(5-3-13)18(28)17(10-22)27-20(29)19(23)24/h2-7,11-12,17-19,25,28H,8-10H2,1H3,(H,27,29)/t12?,17-,18+/m1/s1. The monoisotopic (exact) mass is 413 g/mol. The number of nitrogens with zero attached hydrogens (tertiary/aromatic N) is 1. The van der Waals surface area contributed by atoms with E-state index in [0.29, 0.717) is 0 Å². The highest BCUT2D eigenvalue weighted by Gasteiger charge is 2.26. The summed E-state index contributed by atoms with van der Waals surface area (Å²) in [4.78, 5) is 15.4. The van der Waals surface area contributed by atoms with Crippen molar-refractivity contribution >= 4 is 5.91 Å². The molecule has 1 unspecified atom stereocenters. The number of halogens is 4. The van der Waals surface area contributed by atoms with Gasteiger partial charge < -0.3 is 15.7 Å². The predicted molar refractivity (Wildman–Crippen MR) is 101 cm³/mol. The lowest BCUT2D eigenvalue weighted by Gasteiger charge is -2.22. The van der Waals surface area contributed by atoms with Crippen LogP contribution in [-0.2, 0) is 4.79 Å². The molecule has 0 radical (unpaired) electrons. The normalized spacial score (nSPS) is 14.4. The van der Waals surface area contributed by atoms with Gasteiger partial charge >= 0.3 is 6.43 Å². The molecule has 158 valence electrons. The van der Waals surface area contributed by atoms with E-state index in [1.807, 2.05) is 19.1 Å². The number of aliphatic hydroxyl groups is 1. The predicted octanol–water partition coefficient (Wildman–Crippen LogP) is 3.12. The fourth-order valence-electron chi connectivity index (χ4n) is 2.76. The first-order chi connectivity index (χ1) is 13.9. The second-order valence-corrected chi connectivity index (χ2v) is 6.47. The summed E-state index contributed by atoms with van der Waals surface area (Å²) in [6.07, 6.45) is -3.11. The van der Waals surface area contributed by atoms with E-state index in [9.17, 15) is 27.5 Å². The summed E-state index contributed by atoms with van der Waals surface area (Å²) in [7, 11) is 0. The molecule has 1 aromatic heterocycles. The largest absolute Gasteiger partial charge is 0.386 e. The van der Waals surface area contributed by atoms with Crippen LogP contribution < -0.4 is 10.6 Å². The van der Waals surface area contributed by atoms with Crippen LogP contribution >= 0.6 is 0 Å². The number of aliphatic hydroxyl groups excluding tert-OH is 1. The lowest BCUT2D eigenvalue weighted by molar-refractivity contribution is -0.133. The maximum Gasteiger partial charge on any atom is 0.315 e. The van der Waals surface area contributed by atoms with Gasteiger partial charge in [-0.2, -0.15) is 8.78 Å². The number of carbonyl (C=O) groups is 1. The minimum atomic E-state index is -3.29. The number of hydrogen-bond donors (Lipinski definition) is 3. The van der Waals surface area contributed by atoms with Gasteiger partial charge in [0.15, 0.2) is 0 Å². The molecule has 2 rings (SSSR count). The molecule has 1 heterocycles. The summed E-state index contributed by atoms with van der Waals surface area (Å²) in [5.41, 5.74) is 2.60. The van der Waals surface area contributed by atoms with Crippen molar-refractivity contribution in [3.63, 3.8) is 0 Å². The Morgan fingerprint density at radius 2 is 1.76 bits per heavy atom. The summed E-state index contributed by atoms with van der Waals surface area (Å²) in [5, 5.41) is 15.0. The van der Waals surface area contributed by atoms with E-state index in [1.165, 1.54) is 12.1 Å². The number of benzene rings is 1. The number of nitrogens with one attached hydrogen (secondary N) is 2. The number of aromatic nitrogens is 1. The SMILES string of the molecule is CC(NCCF)c1ccc(-c2ccc([C@H](O)[C@@H](CF)NC(=O)C(F)F)cc2)cn1. The smallest absolute Gasteiger partial charge is 0.315 e. The van der Waals surface area contributed by atoms with Crippen molar-refractivity contribution in [2.75, 3.05) is 19.9 Å². The minimum absolute atomic E-state index is 0.0987. The summed E-state index contributed by atoms with van der Waals surface area (Å²) >= 11 is 0. The molecule has 0 bridgehead atoms. The second-order valence-electron chi connectivity index (χ2n) is 6.47. The number of rotatable bonds is 10.